The van der Waals surface area contributed by atoms with Gasteiger partial charge in [0.2, 0.25) is 0 Å². The number of hydrogen-bond acceptors (Lipinski definition) is 6. The summed E-state index contributed by atoms with van der Waals surface area (Å²) in [5.74, 6) is -3.31. The molecule has 2 saturated heterocycles. The van der Waals surface area contributed by atoms with E-state index in [2.05, 4.69) is 0 Å². The lowest BCUT2D eigenvalue weighted by Gasteiger charge is -2.48. The summed E-state index contributed by atoms with van der Waals surface area (Å²) in [7, 11) is 0. The number of aliphatic hydroxyl groups is 2. The zero-order chi connectivity index (χ0) is 15.6. The fraction of sp³-hybridized carbons (Fsp3) is 0.733. The lowest BCUT2D eigenvalue weighted by molar-refractivity contribution is -0.247. The molecule has 1 spiro atoms. The van der Waals surface area contributed by atoms with E-state index in [0.717, 1.165) is 0 Å². The fourth-order valence-electron chi connectivity index (χ4n) is 4.16. The monoisotopic (exact) mass is 296 g/mol. The van der Waals surface area contributed by atoms with Crippen molar-refractivity contribution in [3.05, 3.63) is 11.6 Å². The van der Waals surface area contributed by atoms with Gasteiger partial charge in [0.1, 0.15) is 6.10 Å². The Morgan fingerprint density at radius 1 is 1.38 bits per heavy atom. The number of rotatable bonds is 0. The van der Waals surface area contributed by atoms with Crippen molar-refractivity contribution in [1.29, 1.82) is 0 Å². The summed E-state index contributed by atoms with van der Waals surface area (Å²) in [4.78, 5) is 24.2. The molecule has 2 N–H and O–H groups in total. The van der Waals surface area contributed by atoms with Crippen LogP contribution in [0.4, 0.5) is 0 Å². The van der Waals surface area contributed by atoms with Gasteiger partial charge in [0, 0.05) is 5.92 Å². The van der Waals surface area contributed by atoms with Gasteiger partial charge < -0.3 is 19.7 Å². The third-order valence-corrected chi connectivity index (χ3v) is 5.35. The number of cyclic esters (lactones) is 1. The summed E-state index contributed by atoms with van der Waals surface area (Å²) in [6.07, 6.45) is -0.335. The molecular formula is C15H20O6. The summed E-state index contributed by atoms with van der Waals surface area (Å²) in [6.45, 7) is 5.12. The van der Waals surface area contributed by atoms with E-state index in [0.29, 0.717) is 5.57 Å². The van der Waals surface area contributed by atoms with Gasteiger partial charge in [0.05, 0.1) is 12.0 Å². The highest BCUT2D eigenvalue weighted by molar-refractivity contribution is 6.00. The van der Waals surface area contributed by atoms with Gasteiger partial charge in [-0.25, -0.2) is 4.79 Å². The molecule has 0 bridgehead atoms. The van der Waals surface area contributed by atoms with Gasteiger partial charge in [-0.3, -0.25) is 4.79 Å². The Bertz CT molecular complexity index is 536. The Morgan fingerprint density at radius 3 is 2.71 bits per heavy atom. The second kappa shape index (κ2) is 4.38. The van der Waals surface area contributed by atoms with E-state index in [1.165, 1.54) is 6.92 Å². The molecule has 3 rings (SSSR count). The van der Waals surface area contributed by atoms with E-state index in [-0.39, 0.29) is 18.9 Å². The van der Waals surface area contributed by atoms with E-state index >= 15 is 0 Å². The first-order chi connectivity index (χ1) is 9.72. The van der Waals surface area contributed by atoms with Gasteiger partial charge in [0.25, 0.3) is 0 Å². The van der Waals surface area contributed by atoms with Crippen molar-refractivity contribution in [2.24, 2.45) is 17.3 Å². The van der Waals surface area contributed by atoms with E-state index in [4.69, 9.17) is 9.47 Å². The highest BCUT2D eigenvalue weighted by atomic mass is 16.7. The molecule has 0 radical (unpaired) electrons. The van der Waals surface area contributed by atoms with Crippen molar-refractivity contribution in [1.82, 2.24) is 0 Å². The van der Waals surface area contributed by atoms with Crippen LogP contribution in [-0.4, -0.2) is 46.6 Å². The summed E-state index contributed by atoms with van der Waals surface area (Å²) in [5.41, 5.74) is -0.744. The first kappa shape index (κ1) is 14.7. The maximum Gasteiger partial charge on any atom is 0.335 e. The van der Waals surface area contributed by atoms with E-state index in [1.54, 1.807) is 13.0 Å². The molecule has 6 nitrogen and oxygen atoms in total. The van der Waals surface area contributed by atoms with Crippen molar-refractivity contribution in [3.8, 4) is 0 Å². The molecule has 0 saturated carbocycles. The van der Waals surface area contributed by atoms with Crippen molar-refractivity contribution >= 4 is 11.8 Å². The van der Waals surface area contributed by atoms with Gasteiger partial charge in [0.15, 0.2) is 17.7 Å². The topological polar surface area (TPSA) is 93.1 Å². The molecule has 0 amide bonds. The number of carbonyl (C=O) groups excluding carboxylic acids is 2. The minimum absolute atomic E-state index is 0.115. The predicted molar refractivity (Wildman–Crippen MR) is 70.9 cm³/mol. The molecule has 6 heteroatoms. The summed E-state index contributed by atoms with van der Waals surface area (Å²) in [6, 6.07) is 0. The zero-order valence-electron chi connectivity index (χ0n) is 12.3. The number of hydrogen-bond donors (Lipinski definition) is 2. The standard InChI is InChI=1S/C15H20O6/c1-7-4-5-15(12(17)10(7)16)9-8(2)6-20-13(18)11(9)21-14(15,3)19/h4,8-9,11-12,17,19H,5-6H2,1-3H3/t8-,9+,11+,12-,14-,15+/m1/s1. The second-order valence-electron chi connectivity index (χ2n) is 6.55. The number of aliphatic hydroxyl groups excluding tert-OH is 1. The van der Waals surface area contributed by atoms with Crippen molar-refractivity contribution in [2.75, 3.05) is 6.61 Å². The second-order valence-corrected chi connectivity index (χ2v) is 6.55. The highest BCUT2D eigenvalue weighted by Crippen LogP contribution is 2.59. The highest BCUT2D eigenvalue weighted by Gasteiger charge is 2.71. The number of fused-ring (bicyclic) bond motifs is 2. The lowest BCUT2D eigenvalue weighted by atomic mass is 9.57. The molecule has 6 atom stereocenters. The average Bonchev–Trinajstić information content (AvgIpc) is 2.66. The van der Waals surface area contributed by atoms with E-state index in [1.807, 2.05) is 6.92 Å². The van der Waals surface area contributed by atoms with Gasteiger partial charge in [-0.1, -0.05) is 13.0 Å². The number of allylic oxidation sites excluding steroid dienone is 1. The smallest absolute Gasteiger partial charge is 0.335 e. The Labute approximate surface area is 122 Å². The van der Waals surface area contributed by atoms with Crippen LogP contribution in [0.2, 0.25) is 0 Å². The van der Waals surface area contributed by atoms with Crippen molar-refractivity contribution in [3.63, 3.8) is 0 Å². The first-order valence-electron chi connectivity index (χ1n) is 7.18. The molecule has 116 valence electrons. The van der Waals surface area contributed by atoms with Crippen LogP contribution in [0.25, 0.3) is 0 Å². The summed E-state index contributed by atoms with van der Waals surface area (Å²) >= 11 is 0. The zero-order valence-corrected chi connectivity index (χ0v) is 12.3. The molecule has 1 aliphatic carbocycles. The largest absolute Gasteiger partial charge is 0.463 e. The Kier molecular flexibility index (Phi) is 3.06. The lowest BCUT2D eigenvalue weighted by Crippen LogP contribution is -2.60. The van der Waals surface area contributed by atoms with Crippen LogP contribution in [-0.2, 0) is 19.1 Å². The van der Waals surface area contributed by atoms with Crippen LogP contribution in [0.5, 0.6) is 0 Å². The molecule has 0 aromatic heterocycles. The third-order valence-electron chi connectivity index (χ3n) is 5.35. The molecule has 2 fully saturated rings. The van der Waals surface area contributed by atoms with Crippen LogP contribution in [0, 0.1) is 17.3 Å². The molecule has 0 unspecified atom stereocenters. The Morgan fingerprint density at radius 2 is 2.05 bits per heavy atom. The first-order valence-corrected chi connectivity index (χ1v) is 7.18. The molecular weight excluding hydrogens is 276 g/mol. The van der Waals surface area contributed by atoms with Gasteiger partial charge >= 0.3 is 5.97 Å². The molecule has 2 heterocycles. The van der Waals surface area contributed by atoms with E-state index < -0.39 is 41.1 Å². The van der Waals surface area contributed by atoms with Crippen LogP contribution in [0.15, 0.2) is 11.6 Å². The van der Waals surface area contributed by atoms with Crippen molar-refractivity contribution in [2.45, 2.75) is 45.2 Å². The number of Topliss-reactive ketones (excluding diaryl/α,β-unsaturated/α-hetero) is 1. The molecule has 0 aromatic rings. The molecule has 21 heavy (non-hydrogen) atoms. The van der Waals surface area contributed by atoms with Crippen LogP contribution >= 0.6 is 0 Å². The molecule has 2 aliphatic heterocycles. The molecule has 0 aromatic carbocycles. The average molecular weight is 296 g/mol. The van der Waals surface area contributed by atoms with Crippen LogP contribution in [0.3, 0.4) is 0 Å². The SMILES string of the molecule is CC1=CC[C@]2([C@H]3[C@H](C)COC(=O)[C@H]3O[C@@]2(C)O)[C@H](O)C1=O. The predicted octanol–water partition coefficient (Wildman–Crippen LogP) is 0.169. The van der Waals surface area contributed by atoms with Crippen LogP contribution in [0.1, 0.15) is 27.2 Å². The maximum absolute atomic E-state index is 12.2. The quantitative estimate of drug-likeness (QED) is 0.619. The van der Waals surface area contributed by atoms with E-state index in [9.17, 15) is 19.8 Å². The van der Waals surface area contributed by atoms with Crippen molar-refractivity contribution < 1.29 is 29.3 Å². The minimum atomic E-state index is -1.77. The van der Waals surface area contributed by atoms with Gasteiger partial charge in [-0.2, -0.15) is 0 Å². The minimum Gasteiger partial charge on any atom is -0.463 e. The fourth-order valence-corrected chi connectivity index (χ4v) is 4.16. The normalized spacial score (nSPS) is 49.9. The number of esters is 1. The van der Waals surface area contributed by atoms with Crippen LogP contribution < -0.4 is 0 Å². The maximum atomic E-state index is 12.2. The molecule has 3 aliphatic rings. The summed E-state index contributed by atoms with van der Waals surface area (Å²) < 4.78 is 10.6. The summed E-state index contributed by atoms with van der Waals surface area (Å²) in [5, 5.41) is 21.3. The third kappa shape index (κ3) is 1.69. The van der Waals surface area contributed by atoms with Gasteiger partial charge in [-0.15, -0.1) is 0 Å². The number of carbonyl (C=O) groups is 2. The van der Waals surface area contributed by atoms with Gasteiger partial charge in [-0.05, 0) is 31.8 Å². The number of ketones is 1. The Balaban J connectivity index is 2.15. The number of ether oxygens (including phenoxy) is 2. The Hall–Kier alpha value is -1.24.